The first-order chi connectivity index (χ1) is 17.4. The molecule has 0 aromatic heterocycles. The van der Waals surface area contributed by atoms with Crippen LogP contribution in [0.25, 0.3) is 6.08 Å². The molecule has 2 aliphatic heterocycles. The second-order valence-corrected chi connectivity index (χ2v) is 8.43. The molecule has 0 aliphatic carbocycles. The lowest BCUT2D eigenvalue weighted by Gasteiger charge is -2.31. The van der Waals surface area contributed by atoms with Crippen LogP contribution in [0.3, 0.4) is 0 Å². The van der Waals surface area contributed by atoms with Crippen molar-refractivity contribution in [2.45, 2.75) is 19.8 Å². The van der Waals surface area contributed by atoms with Gasteiger partial charge in [-0.2, -0.15) is 0 Å². The first-order valence-corrected chi connectivity index (χ1v) is 11.8. The molecule has 1 saturated heterocycles. The highest BCUT2D eigenvalue weighted by atomic mass is 16.5. The molecule has 2 heterocycles. The largest absolute Gasteiger partial charge is 0.497 e. The van der Waals surface area contributed by atoms with Gasteiger partial charge in [-0.05, 0) is 56.2 Å². The number of piperidine rings is 1. The molecule has 0 saturated carbocycles. The van der Waals surface area contributed by atoms with Crippen molar-refractivity contribution in [2.75, 3.05) is 40.5 Å². The molecule has 36 heavy (non-hydrogen) atoms. The number of benzene rings is 2. The van der Waals surface area contributed by atoms with Crippen LogP contribution < -0.4 is 18.9 Å². The third-order valence-electron chi connectivity index (χ3n) is 6.12. The average Bonchev–Trinajstić information content (AvgIpc) is 3.21. The smallest absolute Gasteiger partial charge is 0.310 e. The topological polar surface area (TPSA) is 101 Å². The van der Waals surface area contributed by atoms with E-state index in [4.69, 9.17) is 23.7 Å². The van der Waals surface area contributed by atoms with Gasteiger partial charge in [-0.1, -0.05) is 0 Å². The number of Topliss-reactive ketones (excluding diaryl/α,β-unsaturated/α-hetero) is 1. The molecule has 190 valence electrons. The molecule has 0 N–H and O–H groups in total. The van der Waals surface area contributed by atoms with Gasteiger partial charge in [0.25, 0.3) is 5.91 Å². The molecule has 4 rings (SSSR count). The fourth-order valence-corrected chi connectivity index (χ4v) is 4.24. The van der Waals surface area contributed by atoms with Crippen molar-refractivity contribution >= 4 is 23.7 Å². The second-order valence-electron chi connectivity index (χ2n) is 8.43. The molecule has 2 aromatic rings. The number of fused-ring (bicyclic) bond motifs is 1. The number of ketones is 1. The maximum absolute atomic E-state index is 12.9. The monoisotopic (exact) mass is 495 g/mol. The molecule has 1 fully saturated rings. The summed E-state index contributed by atoms with van der Waals surface area (Å²) in [4.78, 5) is 39.2. The number of nitrogens with zero attached hydrogens (tertiary/aromatic N) is 1. The van der Waals surface area contributed by atoms with Crippen LogP contribution in [0.1, 0.15) is 35.7 Å². The van der Waals surface area contributed by atoms with Gasteiger partial charge in [-0.25, -0.2) is 0 Å². The van der Waals surface area contributed by atoms with Crippen LogP contribution >= 0.6 is 0 Å². The predicted octanol–water partition coefficient (Wildman–Crippen LogP) is 3.50. The Hall–Kier alpha value is -4.01. The lowest BCUT2D eigenvalue weighted by Crippen LogP contribution is -2.44. The average molecular weight is 496 g/mol. The first kappa shape index (κ1) is 25.1. The first-order valence-electron chi connectivity index (χ1n) is 11.8. The molecular formula is C27H29NO8. The SMILES string of the molecule is CCOC(=O)C1CCCN(C(=O)COc2ccc3c(c2)OC(=Cc2cc(OC)ccc2OC)C3=O)C1. The molecular weight excluding hydrogens is 466 g/mol. The highest BCUT2D eigenvalue weighted by Gasteiger charge is 2.30. The number of esters is 1. The summed E-state index contributed by atoms with van der Waals surface area (Å²) in [5.74, 6) is 1.01. The van der Waals surface area contributed by atoms with Gasteiger partial charge in [-0.3, -0.25) is 14.4 Å². The third kappa shape index (κ3) is 5.45. The summed E-state index contributed by atoms with van der Waals surface area (Å²) >= 11 is 0. The van der Waals surface area contributed by atoms with Crippen molar-refractivity contribution in [1.29, 1.82) is 0 Å². The highest BCUT2D eigenvalue weighted by molar-refractivity contribution is 6.14. The fraction of sp³-hybridized carbons (Fsp3) is 0.370. The van der Waals surface area contributed by atoms with Gasteiger partial charge in [0.1, 0.15) is 23.0 Å². The van der Waals surface area contributed by atoms with E-state index in [2.05, 4.69) is 0 Å². The summed E-state index contributed by atoms with van der Waals surface area (Å²) in [7, 11) is 3.10. The Bertz CT molecular complexity index is 1190. The van der Waals surface area contributed by atoms with E-state index in [-0.39, 0.29) is 35.9 Å². The number of amides is 1. The highest BCUT2D eigenvalue weighted by Crippen LogP contribution is 2.36. The van der Waals surface area contributed by atoms with E-state index in [1.54, 1.807) is 68.5 Å². The standard InChI is InChI=1S/C27H29NO8/c1-4-34-27(31)17-6-5-11-28(15-17)25(29)16-35-20-7-9-21-23(14-20)36-24(26(21)30)13-18-12-19(32-2)8-10-22(18)33-3/h7-10,12-14,17H,4-6,11,15-16H2,1-3H3. The molecule has 1 unspecified atom stereocenters. The van der Waals surface area contributed by atoms with Gasteiger partial charge >= 0.3 is 5.97 Å². The summed E-state index contributed by atoms with van der Waals surface area (Å²) in [6.45, 7) is 2.79. The summed E-state index contributed by atoms with van der Waals surface area (Å²) in [5, 5.41) is 0. The Kier molecular flexibility index (Phi) is 7.77. The van der Waals surface area contributed by atoms with Gasteiger partial charge in [0.05, 0.1) is 32.3 Å². The summed E-state index contributed by atoms with van der Waals surface area (Å²) in [6, 6.07) is 10.1. The van der Waals surface area contributed by atoms with Crippen LogP contribution in [0.2, 0.25) is 0 Å². The minimum Gasteiger partial charge on any atom is -0.497 e. The van der Waals surface area contributed by atoms with E-state index in [1.807, 2.05) is 0 Å². The lowest BCUT2D eigenvalue weighted by atomic mass is 9.98. The predicted molar refractivity (Wildman–Crippen MR) is 130 cm³/mol. The maximum Gasteiger partial charge on any atom is 0.310 e. The van der Waals surface area contributed by atoms with Crippen molar-refractivity contribution in [3.05, 3.63) is 53.3 Å². The van der Waals surface area contributed by atoms with Crippen LogP contribution in [-0.2, 0) is 14.3 Å². The summed E-state index contributed by atoms with van der Waals surface area (Å²) in [5.41, 5.74) is 1.04. The van der Waals surface area contributed by atoms with Crippen LogP contribution in [0, 0.1) is 5.92 Å². The number of carbonyl (C=O) groups is 3. The Labute approximate surface area is 209 Å². The minimum absolute atomic E-state index is 0.142. The minimum atomic E-state index is -0.310. The van der Waals surface area contributed by atoms with E-state index in [9.17, 15) is 14.4 Å². The molecule has 0 bridgehead atoms. The molecule has 0 spiro atoms. The van der Waals surface area contributed by atoms with Crippen molar-refractivity contribution in [3.63, 3.8) is 0 Å². The number of allylic oxidation sites excluding steroid dienone is 1. The summed E-state index contributed by atoms with van der Waals surface area (Å²) in [6.07, 6.45) is 3.04. The number of carbonyl (C=O) groups excluding carboxylic acids is 3. The van der Waals surface area contributed by atoms with Crippen molar-refractivity contribution in [3.8, 4) is 23.0 Å². The lowest BCUT2D eigenvalue weighted by molar-refractivity contribution is -0.151. The number of likely N-dealkylation sites (tertiary alicyclic amines) is 1. The molecule has 9 nitrogen and oxygen atoms in total. The van der Waals surface area contributed by atoms with Gasteiger partial charge in [0, 0.05) is 24.7 Å². The van der Waals surface area contributed by atoms with Crippen molar-refractivity contribution < 1.29 is 38.1 Å². The van der Waals surface area contributed by atoms with Gasteiger partial charge in [0.2, 0.25) is 5.78 Å². The van der Waals surface area contributed by atoms with Crippen LogP contribution in [0.15, 0.2) is 42.2 Å². The van der Waals surface area contributed by atoms with E-state index in [0.29, 0.717) is 60.2 Å². The van der Waals surface area contributed by atoms with Gasteiger partial charge in [-0.15, -0.1) is 0 Å². The second kappa shape index (κ2) is 11.2. The van der Waals surface area contributed by atoms with E-state index < -0.39 is 0 Å². The molecule has 1 atom stereocenters. The van der Waals surface area contributed by atoms with E-state index in [1.165, 1.54) is 0 Å². The Morgan fingerprint density at radius 2 is 1.92 bits per heavy atom. The van der Waals surface area contributed by atoms with Crippen LogP contribution in [0.5, 0.6) is 23.0 Å². The molecule has 1 amide bonds. The zero-order valence-electron chi connectivity index (χ0n) is 20.6. The van der Waals surface area contributed by atoms with Crippen molar-refractivity contribution in [1.82, 2.24) is 4.90 Å². The Morgan fingerprint density at radius 1 is 1.11 bits per heavy atom. The molecule has 0 radical (unpaired) electrons. The Balaban J connectivity index is 1.41. The number of hydrogen-bond donors (Lipinski definition) is 0. The van der Waals surface area contributed by atoms with Crippen molar-refractivity contribution in [2.24, 2.45) is 5.92 Å². The van der Waals surface area contributed by atoms with Crippen LogP contribution in [0.4, 0.5) is 0 Å². The molecule has 9 heteroatoms. The number of ether oxygens (including phenoxy) is 5. The maximum atomic E-state index is 12.9. The zero-order chi connectivity index (χ0) is 25.7. The normalized spacial score (nSPS) is 17.9. The van der Waals surface area contributed by atoms with E-state index >= 15 is 0 Å². The number of rotatable bonds is 8. The molecule has 2 aromatic carbocycles. The fourth-order valence-electron chi connectivity index (χ4n) is 4.24. The Morgan fingerprint density at radius 3 is 2.67 bits per heavy atom. The van der Waals surface area contributed by atoms with Crippen LogP contribution in [-0.4, -0.2) is 63.1 Å². The number of hydrogen-bond acceptors (Lipinski definition) is 8. The summed E-state index contributed by atoms with van der Waals surface area (Å²) < 4.78 is 27.2. The molecule has 2 aliphatic rings. The van der Waals surface area contributed by atoms with E-state index in [0.717, 1.165) is 6.42 Å². The van der Waals surface area contributed by atoms with Gasteiger partial charge in [0.15, 0.2) is 12.4 Å². The third-order valence-corrected chi connectivity index (χ3v) is 6.12. The quantitative estimate of drug-likeness (QED) is 0.405. The zero-order valence-corrected chi connectivity index (χ0v) is 20.6. The van der Waals surface area contributed by atoms with Gasteiger partial charge < -0.3 is 28.6 Å². The number of methoxy groups -OCH3 is 2.